The maximum Gasteiger partial charge on any atom is 0.240 e. The molecule has 1 amide bonds. The lowest BCUT2D eigenvalue weighted by Crippen LogP contribution is -2.46. The fourth-order valence-corrected chi connectivity index (χ4v) is 2.09. The predicted octanol–water partition coefficient (Wildman–Crippen LogP) is 2.62. The van der Waals surface area contributed by atoms with Gasteiger partial charge in [-0.3, -0.25) is 4.79 Å². The molecule has 1 fully saturated rings. The lowest BCUT2D eigenvalue weighted by Gasteiger charge is -2.41. The summed E-state index contributed by atoms with van der Waals surface area (Å²) in [7, 11) is 0. The van der Waals surface area contributed by atoms with Crippen LogP contribution in [0.2, 0.25) is 0 Å². The van der Waals surface area contributed by atoms with Crippen molar-refractivity contribution >= 4 is 5.91 Å². The smallest absolute Gasteiger partial charge is 0.240 e. The molecule has 0 heterocycles. The molecule has 1 unspecified atom stereocenters. The zero-order chi connectivity index (χ0) is 12.2. The van der Waals surface area contributed by atoms with Crippen LogP contribution in [0.15, 0.2) is 0 Å². The van der Waals surface area contributed by atoms with Crippen LogP contribution >= 0.6 is 0 Å². The maximum atomic E-state index is 11.9. The van der Waals surface area contributed by atoms with Crippen molar-refractivity contribution in [3.8, 4) is 6.07 Å². The lowest BCUT2D eigenvalue weighted by atomic mass is 9.67. The van der Waals surface area contributed by atoms with Crippen LogP contribution in [-0.4, -0.2) is 12.5 Å². The summed E-state index contributed by atoms with van der Waals surface area (Å²) in [4.78, 5) is 11.9. The number of rotatable bonds is 5. The van der Waals surface area contributed by atoms with E-state index in [1.165, 1.54) is 19.3 Å². The van der Waals surface area contributed by atoms with E-state index in [0.717, 1.165) is 13.0 Å². The molecule has 3 heteroatoms. The Morgan fingerprint density at radius 3 is 2.44 bits per heavy atom. The van der Waals surface area contributed by atoms with Gasteiger partial charge in [-0.05, 0) is 38.0 Å². The molecular weight excluding hydrogens is 200 g/mol. The van der Waals surface area contributed by atoms with Crippen LogP contribution in [0.25, 0.3) is 0 Å². The van der Waals surface area contributed by atoms with E-state index in [1.54, 1.807) is 6.92 Å². The standard InChI is InChI=1S/C13H22N2O/c1-4-12(3,9-14)11(16)15-10-13(5-2)7-6-8-13/h4-8,10H2,1-3H3,(H,15,16). The third-order valence-corrected chi connectivity index (χ3v) is 4.24. The molecule has 1 aliphatic rings. The van der Waals surface area contributed by atoms with Gasteiger partial charge in [0.2, 0.25) is 5.91 Å². The molecule has 0 spiro atoms. The van der Waals surface area contributed by atoms with Crippen LogP contribution in [0, 0.1) is 22.2 Å². The van der Waals surface area contributed by atoms with Gasteiger partial charge in [-0.15, -0.1) is 0 Å². The molecule has 0 bridgehead atoms. The summed E-state index contributed by atoms with van der Waals surface area (Å²) in [5.74, 6) is -0.114. The van der Waals surface area contributed by atoms with Crippen molar-refractivity contribution in [2.24, 2.45) is 10.8 Å². The molecule has 0 aromatic carbocycles. The number of hydrogen-bond donors (Lipinski definition) is 1. The van der Waals surface area contributed by atoms with Crippen molar-refractivity contribution in [2.75, 3.05) is 6.54 Å². The van der Waals surface area contributed by atoms with Crippen LogP contribution in [0.5, 0.6) is 0 Å². The molecule has 0 aliphatic heterocycles. The SMILES string of the molecule is CCC1(CNC(=O)C(C)(C#N)CC)CCC1. The summed E-state index contributed by atoms with van der Waals surface area (Å²) in [5, 5.41) is 12.0. The summed E-state index contributed by atoms with van der Waals surface area (Å²) in [6, 6.07) is 2.11. The van der Waals surface area contributed by atoms with Crippen molar-refractivity contribution in [2.45, 2.75) is 52.9 Å². The van der Waals surface area contributed by atoms with E-state index in [0.29, 0.717) is 11.8 Å². The second-order valence-electron chi connectivity index (χ2n) is 5.19. The Morgan fingerprint density at radius 1 is 1.50 bits per heavy atom. The van der Waals surface area contributed by atoms with E-state index in [1.807, 2.05) is 6.92 Å². The van der Waals surface area contributed by atoms with Gasteiger partial charge in [0.15, 0.2) is 0 Å². The minimum absolute atomic E-state index is 0.114. The Labute approximate surface area is 98.2 Å². The molecule has 1 atom stereocenters. The molecule has 90 valence electrons. The van der Waals surface area contributed by atoms with Crippen molar-refractivity contribution in [1.29, 1.82) is 5.26 Å². The van der Waals surface area contributed by atoms with Crippen LogP contribution in [-0.2, 0) is 4.79 Å². The fraction of sp³-hybridized carbons (Fsp3) is 0.846. The van der Waals surface area contributed by atoms with Gasteiger partial charge < -0.3 is 5.32 Å². The molecule has 16 heavy (non-hydrogen) atoms. The highest BCUT2D eigenvalue weighted by molar-refractivity contribution is 5.84. The summed E-state index contributed by atoms with van der Waals surface area (Å²) >= 11 is 0. The number of nitriles is 1. The Balaban J connectivity index is 2.50. The maximum absolute atomic E-state index is 11.9. The minimum atomic E-state index is -0.862. The van der Waals surface area contributed by atoms with E-state index in [9.17, 15) is 4.79 Å². The molecule has 1 N–H and O–H groups in total. The predicted molar refractivity (Wildman–Crippen MR) is 63.6 cm³/mol. The molecule has 1 saturated carbocycles. The van der Waals surface area contributed by atoms with Gasteiger partial charge in [-0.25, -0.2) is 0 Å². The number of carbonyl (C=O) groups excluding carboxylic acids is 1. The highest BCUT2D eigenvalue weighted by Gasteiger charge is 2.37. The number of hydrogen-bond acceptors (Lipinski definition) is 2. The van der Waals surface area contributed by atoms with E-state index in [2.05, 4.69) is 18.3 Å². The normalized spacial score (nSPS) is 21.4. The molecular formula is C13H22N2O. The highest BCUT2D eigenvalue weighted by Crippen LogP contribution is 2.43. The van der Waals surface area contributed by atoms with Gasteiger partial charge in [0.1, 0.15) is 5.41 Å². The molecule has 1 aliphatic carbocycles. The third-order valence-electron chi connectivity index (χ3n) is 4.24. The van der Waals surface area contributed by atoms with Gasteiger partial charge in [-0.2, -0.15) is 5.26 Å². The van der Waals surface area contributed by atoms with E-state index in [-0.39, 0.29) is 5.91 Å². The molecule has 0 aromatic heterocycles. The third kappa shape index (κ3) is 2.37. The van der Waals surface area contributed by atoms with E-state index >= 15 is 0 Å². The van der Waals surface area contributed by atoms with Crippen molar-refractivity contribution in [3.63, 3.8) is 0 Å². The summed E-state index contributed by atoms with van der Waals surface area (Å²) < 4.78 is 0. The first kappa shape index (κ1) is 13.0. The van der Waals surface area contributed by atoms with Crippen LogP contribution in [0.4, 0.5) is 0 Å². The number of nitrogens with zero attached hydrogens (tertiary/aromatic N) is 1. The first-order valence-corrected chi connectivity index (χ1v) is 6.21. The Kier molecular flexibility index (Phi) is 3.96. The Morgan fingerprint density at radius 2 is 2.12 bits per heavy atom. The van der Waals surface area contributed by atoms with E-state index in [4.69, 9.17) is 5.26 Å². The summed E-state index contributed by atoms with van der Waals surface area (Å²) in [5.41, 5.74) is -0.543. The number of nitrogens with one attached hydrogen (secondary N) is 1. The molecule has 0 aromatic rings. The quantitative estimate of drug-likeness (QED) is 0.777. The second kappa shape index (κ2) is 4.86. The summed E-state index contributed by atoms with van der Waals surface area (Å²) in [6.07, 6.45) is 5.36. The van der Waals surface area contributed by atoms with E-state index < -0.39 is 5.41 Å². The highest BCUT2D eigenvalue weighted by atomic mass is 16.2. The Bertz CT molecular complexity index is 296. The first-order chi connectivity index (χ1) is 7.52. The second-order valence-corrected chi connectivity index (χ2v) is 5.19. The van der Waals surface area contributed by atoms with Gasteiger partial charge in [-0.1, -0.05) is 20.3 Å². The summed E-state index contributed by atoms with van der Waals surface area (Å²) in [6.45, 7) is 6.50. The monoisotopic (exact) mass is 222 g/mol. The lowest BCUT2D eigenvalue weighted by molar-refractivity contribution is -0.128. The van der Waals surface area contributed by atoms with Crippen molar-refractivity contribution in [3.05, 3.63) is 0 Å². The number of carbonyl (C=O) groups is 1. The average Bonchev–Trinajstić information content (AvgIpc) is 2.26. The average molecular weight is 222 g/mol. The Hall–Kier alpha value is -1.04. The van der Waals surface area contributed by atoms with Gasteiger partial charge in [0.05, 0.1) is 6.07 Å². The zero-order valence-electron chi connectivity index (χ0n) is 10.6. The topological polar surface area (TPSA) is 52.9 Å². The van der Waals surface area contributed by atoms with Crippen molar-refractivity contribution < 1.29 is 4.79 Å². The zero-order valence-corrected chi connectivity index (χ0v) is 10.6. The van der Waals surface area contributed by atoms with Crippen LogP contribution in [0.3, 0.4) is 0 Å². The van der Waals surface area contributed by atoms with Gasteiger partial charge >= 0.3 is 0 Å². The molecule has 3 nitrogen and oxygen atoms in total. The van der Waals surface area contributed by atoms with Gasteiger partial charge in [0, 0.05) is 6.54 Å². The molecule has 0 saturated heterocycles. The van der Waals surface area contributed by atoms with Crippen LogP contribution in [0.1, 0.15) is 52.9 Å². The fourth-order valence-electron chi connectivity index (χ4n) is 2.09. The van der Waals surface area contributed by atoms with Crippen LogP contribution < -0.4 is 5.32 Å². The first-order valence-electron chi connectivity index (χ1n) is 6.21. The van der Waals surface area contributed by atoms with Gasteiger partial charge in [0.25, 0.3) is 0 Å². The molecule has 1 rings (SSSR count). The minimum Gasteiger partial charge on any atom is -0.354 e. The molecule has 0 radical (unpaired) electrons. The number of amides is 1. The van der Waals surface area contributed by atoms with Crippen molar-refractivity contribution in [1.82, 2.24) is 5.32 Å². The largest absolute Gasteiger partial charge is 0.354 e.